The third-order valence-electron chi connectivity index (χ3n) is 6.05. The Balaban J connectivity index is 1.21. The van der Waals surface area contributed by atoms with E-state index in [9.17, 15) is 4.79 Å². The summed E-state index contributed by atoms with van der Waals surface area (Å²) in [4.78, 5) is 20.5. The maximum absolute atomic E-state index is 12.6. The molecular weight excluding hydrogens is 384 g/mol. The van der Waals surface area contributed by atoms with Gasteiger partial charge < -0.3 is 20.3 Å². The van der Waals surface area contributed by atoms with Gasteiger partial charge in [0, 0.05) is 53.6 Å². The SMILES string of the molecule is O=C(N[C@@H]1C[C@H]2CC[C@@H]1N2)c1ccc(Sc2cc(N3CCOCC3)ccn2)cc1. The van der Waals surface area contributed by atoms with E-state index in [2.05, 4.69) is 26.6 Å². The van der Waals surface area contributed by atoms with Crippen molar-refractivity contribution in [3.05, 3.63) is 48.2 Å². The van der Waals surface area contributed by atoms with Crippen LogP contribution in [0, 0.1) is 0 Å². The molecule has 152 valence electrons. The first-order chi connectivity index (χ1) is 14.2. The van der Waals surface area contributed by atoms with Gasteiger partial charge in [-0.15, -0.1) is 0 Å². The molecule has 5 rings (SSSR count). The number of morpholine rings is 1. The molecule has 3 aliphatic rings. The molecule has 2 bridgehead atoms. The Hall–Kier alpha value is -2.09. The molecule has 7 heteroatoms. The lowest BCUT2D eigenvalue weighted by molar-refractivity contribution is 0.0931. The Morgan fingerprint density at radius 2 is 2.00 bits per heavy atom. The average molecular weight is 411 g/mol. The van der Waals surface area contributed by atoms with Gasteiger partial charge in [-0.2, -0.15) is 0 Å². The monoisotopic (exact) mass is 410 g/mol. The fourth-order valence-electron chi connectivity index (χ4n) is 4.50. The Kier molecular flexibility index (Phi) is 5.44. The Morgan fingerprint density at radius 1 is 1.17 bits per heavy atom. The number of pyridine rings is 1. The Morgan fingerprint density at radius 3 is 2.72 bits per heavy atom. The maximum Gasteiger partial charge on any atom is 0.251 e. The van der Waals surface area contributed by atoms with E-state index in [1.54, 1.807) is 11.8 Å². The number of carbonyl (C=O) groups excluding carboxylic acids is 1. The number of fused-ring (bicyclic) bond motifs is 2. The van der Waals surface area contributed by atoms with Crippen molar-refractivity contribution in [3.63, 3.8) is 0 Å². The van der Waals surface area contributed by atoms with Crippen LogP contribution in [0.15, 0.2) is 52.5 Å². The first-order valence-electron chi connectivity index (χ1n) is 10.4. The number of hydrogen-bond donors (Lipinski definition) is 2. The van der Waals surface area contributed by atoms with Crippen LogP contribution in [0.2, 0.25) is 0 Å². The average Bonchev–Trinajstić information content (AvgIpc) is 3.38. The van der Waals surface area contributed by atoms with Gasteiger partial charge in [0.05, 0.1) is 13.2 Å². The van der Waals surface area contributed by atoms with Crippen LogP contribution in [-0.2, 0) is 4.74 Å². The first kappa shape index (κ1) is 18.9. The molecule has 2 N–H and O–H groups in total. The predicted molar refractivity (Wildman–Crippen MR) is 114 cm³/mol. The number of carbonyl (C=O) groups is 1. The molecule has 2 aromatic rings. The highest BCUT2D eigenvalue weighted by molar-refractivity contribution is 7.99. The summed E-state index contributed by atoms with van der Waals surface area (Å²) in [6, 6.07) is 13.3. The van der Waals surface area contributed by atoms with Gasteiger partial charge in [-0.25, -0.2) is 4.98 Å². The van der Waals surface area contributed by atoms with Crippen molar-refractivity contribution in [2.45, 2.75) is 47.3 Å². The van der Waals surface area contributed by atoms with E-state index < -0.39 is 0 Å². The van der Waals surface area contributed by atoms with E-state index >= 15 is 0 Å². The highest BCUT2D eigenvalue weighted by atomic mass is 32.2. The maximum atomic E-state index is 12.6. The van der Waals surface area contributed by atoms with Gasteiger partial charge in [-0.3, -0.25) is 4.79 Å². The lowest BCUT2D eigenvalue weighted by Crippen LogP contribution is -2.42. The van der Waals surface area contributed by atoms with Crippen molar-refractivity contribution in [3.8, 4) is 0 Å². The molecule has 29 heavy (non-hydrogen) atoms. The van der Waals surface area contributed by atoms with E-state index in [0.717, 1.165) is 42.6 Å². The van der Waals surface area contributed by atoms with Gasteiger partial charge in [0.15, 0.2) is 0 Å². The van der Waals surface area contributed by atoms with E-state index in [-0.39, 0.29) is 11.9 Å². The predicted octanol–water partition coefficient (Wildman–Crippen LogP) is 2.69. The highest BCUT2D eigenvalue weighted by Crippen LogP contribution is 2.30. The van der Waals surface area contributed by atoms with Crippen LogP contribution < -0.4 is 15.5 Å². The molecule has 3 atom stereocenters. The van der Waals surface area contributed by atoms with Crippen LogP contribution >= 0.6 is 11.8 Å². The number of amides is 1. The topological polar surface area (TPSA) is 66.5 Å². The van der Waals surface area contributed by atoms with Crippen molar-refractivity contribution >= 4 is 23.4 Å². The molecule has 1 aromatic carbocycles. The summed E-state index contributed by atoms with van der Waals surface area (Å²) in [6.07, 6.45) is 5.32. The second-order valence-electron chi connectivity index (χ2n) is 7.94. The lowest BCUT2D eigenvalue weighted by atomic mass is 9.95. The quantitative estimate of drug-likeness (QED) is 0.790. The number of ether oxygens (including phenoxy) is 1. The van der Waals surface area contributed by atoms with Crippen molar-refractivity contribution in [2.24, 2.45) is 0 Å². The third-order valence-corrected chi connectivity index (χ3v) is 6.99. The molecule has 6 nitrogen and oxygen atoms in total. The summed E-state index contributed by atoms with van der Waals surface area (Å²) in [6.45, 7) is 3.37. The van der Waals surface area contributed by atoms with E-state index in [0.29, 0.717) is 17.6 Å². The number of rotatable bonds is 5. The van der Waals surface area contributed by atoms with Crippen LogP contribution in [0.3, 0.4) is 0 Å². The third kappa shape index (κ3) is 4.27. The minimum Gasteiger partial charge on any atom is -0.378 e. The molecule has 3 aliphatic heterocycles. The fourth-order valence-corrected chi connectivity index (χ4v) is 5.31. The highest BCUT2D eigenvalue weighted by Gasteiger charge is 2.39. The normalized spacial score (nSPS) is 25.9. The smallest absolute Gasteiger partial charge is 0.251 e. The number of anilines is 1. The molecule has 0 saturated carbocycles. The molecule has 3 saturated heterocycles. The van der Waals surface area contributed by atoms with Gasteiger partial charge in [-0.05, 0) is 55.7 Å². The fraction of sp³-hybridized carbons (Fsp3) is 0.455. The largest absolute Gasteiger partial charge is 0.378 e. The molecule has 0 unspecified atom stereocenters. The van der Waals surface area contributed by atoms with E-state index in [1.165, 1.54) is 18.5 Å². The standard InChI is InChI=1S/C22H26N4O2S/c27-22(25-20-13-16-3-6-19(20)24-16)15-1-4-18(5-2-15)29-21-14-17(7-8-23-21)26-9-11-28-12-10-26/h1-2,4-5,7-8,14,16,19-20,24H,3,6,9-13H2,(H,25,27)/t16-,19+,20-/m1/s1. The van der Waals surface area contributed by atoms with Crippen LogP contribution in [0.4, 0.5) is 5.69 Å². The van der Waals surface area contributed by atoms with Gasteiger partial charge in [0.25, 0.3) is 5.91 Å². The van der Waals surface area contributed by atoms with Crippen molar-refractivity contribution in [1.82, 2.24) is 15.6 Å². The number of benzene rings is 1. The molecule has 0 radical (unpaired) electrons. The second-order valence-corrected chi connectivity index (χ2v) is 9.04. The molecule has 0 spiro atoms. The molecular formula is C22H26N4O2S. The van der Waals surface area contributed by atoms with E-state index in [1.807, 2.05) is 36.5 Å². The summed E-state index contributed by atoms with van der Waals surface area (Å²) in [7, 11) is 0. The zero-order valence-corrected chi connectivity index (χ0v) is 17.2. The number of nitrogens with zero attached hydrogens (tertiary/aromatic N) is 2. The number of aromatic nitrogens is 1. The molecule has 0 aliphatic carbocycles. The van der Waals surface area contributed by atoms with Crippen molar-refractivity contribution in [1.29, 1.82) is 0 Å². The summed E-state index contributed by atoms with van der Waals surface area (Å²) in [5, 5.41) is 7.72. The van der Waals surface area contributed by atoms with Crippen LogP contribution in [0.5, 0.6) is 0 Å². The van der Waals surface area contributed by atoms with Gasteiger partial charge in [-0.1, -0.05) is 11.8 Å². The summed E-state index contributed by atoms with van der Waals surface area (Å²) in [5.74, 6) is 0.0216. The van der Waals surface area contributed by atoms with Crippen molar-refractivity contribution in [2.75, 3.05) is 31.2 Å². The van der Waals surface area contributed by atoms with E-state index in [4.69, 9.17) is 4.74 Å². The molecule has 4 heterocycles. The summed E-state index contributed by atoms with van der Waals surface area (Å²) < 4.78 is 5.43. The molecule has 1 amide bonds. The zero-order valence-electron chi connectivity index (χ0n) is 16.3. The van der Waals surface area contributed by atoms with Crippen molar-refractivity contribution < 1.29 is 9.53 Å². The van der Waals surface area contributed by atoms with Gasteiger partial charge >= 0.3 is 0 Å². The van der Waals surface area contributed by atoms with Crippen LogP contribution in [0.25, 0.3) is 0 Å². The first-order valence-corrected chi connectivity index (χ1v) is 11.2. The minimum atomic E-state index is 0.0216. The van der Waals surface area contributed by atoms with Gasteiger partial charge in [0.2, 0.25) is 0 Å². The summed E-state index contributed by atoms with van der Waals surface area (Å²) >= 11 is 1.62. The second kappa shape index (κ2) is 8.34. The van der Waals surface area contributed by atoms with Gasteiger partial charge in [0.1, 0.15) is 5.03 Å². The molecule has 1 aromatic heterocycles. The van der Waals surface area contributed by atoms with Crippen LogP contribution in [0.1, 0.15) is 29.6 Å². The Labute approximate surface area is 175 Å². The zero-order chi connectivity index (χ0) is 19.6. The summed E-state index contributed by atoms with van der Waals surface area (Å²) in [5.41, 5.74) is 1.90. The minimum absolute atomic E-state index is 0.0216. The Bertz CT molecular complexity index is 869. The molecule has 3 fully saturated rings. The number of hydrogen-bond acceptors (Lipinski definition) is 6. The number of nitrogens with one attached hydrogen (secondary N) is 2. The van der Waals surface area contributed by atoms with Crippen LogP contribution in [-0.4, -0.2) is 55.3 Å². The lowest BCUT2D eigenvalue weighted by Gasteiger charge is -2.28.